The number of aryl methyl sites for hydroxylation is 1. The van der Waals surface area contributed by atoms with Gasteiger partial charge in [0.2, 0.25) is 0 Å². The lowest BCUT2D eigenvalue weighted by atomic mass is 10.4. The van der Waals surface area contributed by atoms with E-state index in [1.807, 2.05) is 19.5 Å². The van der Waals surface area contributed by atoms with Crippen LogP contribution in [0, 0.1) is 0 Å². The molecule has 0 aliphatic heterocycles. The molecule has 5 nitrogen and oxygen atoms in total. The lowest BCUT2D eigenvalue weighted by Crippen LogP contribution is -2.08. The molecule has 96 valence electrons. The van der Waals surface area contributed by atoms with Crippen molar-refractivity contribution < 1.29 is 9.53 Å². The summed E-state index contributed by atoms with van der Waals surface area (Å²) < 4.78 is 6.79. The first-order valence-electron chi connectivity index (χ1n) is 5.31. The van der Waals surface area contributed by atoms with Crippen molar-refractivity contribution in [1.82, 2.24) is 14.8 Å². The number of rotatable bonds is 5. The number of esters is 1. The first-order chi connectivity index (χ1) is 8.70. The highest BCUT2D eigenvalue weighted by Crippen LogP contribution is 2.23. The zero-order valence-corrected chi connectivity index (χ0v) is 11.8. The Morgan fingerprint density at radius 1 is 1.61 bits per heavy atom. The third-order valence-corrected chi connectivity index (χ3v) is 3.65. The number of carbonyl (C=O) groups excluding carboxylic acids is 1. The molecular weight excluding hydrogens is 270 g/mol. The van der Waals surface area contributed by atoms with Gasteiger partial charge < -0.3 is 4.74 Å². The Labute approximate surface area is 113 Å². The quantitative estimate of drug-likeness (QED) is 0.621. The van der Waals surface area contributed by atoms with Crippen LogP contribution in [-0.2, 0) is 11.8 Å². The second-order valence-corrected chi connectivity index (χ2v) is 5.41. The normalized spacial score (nSPS) is 10.6. The van der Waals surface area contributed by atoms with Gasteiger partial charge in [-0.25, -0.2) is 9.78 Å². The van der Waals surface area contributed by atoms with Crippen molar-refractivity contribution in [2.75, 3.05) is 18.6 Å². The van der Waals surface area contributed by atoms with Crippen LogP contribution in [0.1, 0.15) is 10.5 Å². The van der Waals surface area contributed by atoms with E-state index >= 15 is 0 Å². The van der Waals surface area contributed by atoms with Gasteiger partial charge >= 0.3 is 5.97 Å². The standard InChI is InChI=1S/C11H13N3O2S2/c1-14-6-8(5-12-14)10-13-9(7-18-10)11(15)16-3-4-17-2/h5-7H,3-4H2,1-2H3. The van der Waals surface area contributed by atoms with Crippen molar-refractivity contribution in [2.24, 2.45) is 7.05 Å². The number of carbonyl (C=O) groups is 1. The molecule has 18 heavy (non-hydrogen) atoms. The van der Waals surface area contributed by atoms with E-state index in [2.05, 4.69) is 10.1 Å². The van der Waals surface area contributed by atoms with Crippen LogP contribution in [-0.4, -0.2) is 39.3 Å². The number of hydrogen-bond donors (Lipinski definition) is 0. The van der Waals surface area contributed by atoms with Crippen LogP contribution in [0.15, 0.2) is 17.8 Å². The molecule has 7 heteroatoms. The van der Waals surface area contributed by atoms with Gasteiger partial charge in [0.05, 0.1) is 6.20 Å². The Bertz CT molecular complexity index is 536. The molecule has 2 aromatic heterocycles. The Kier molecular flexibility index (Phi) is 4.38. The fraction of sp³-hybridized carbons (Fsp3) is 0.364. The van der Waals surface area contributed by atoms with Crippen LogP contribution in [0.5, 0.6) is 0 Å². The van der Waals surface area contributed by atoms with E-state index in [1.165, 1.54) is 11.3 Å². The third-order valence-electron chi connectivity index (χ3n) is 2.19. The summed E-state index contributed by atoms with van der Waals surface area (Å²) in [6.07, 6.45) is 5.56. The van der Waals surface area contributed by atoms with Crippen LogP contribution in [0.3, 0.4) is 0 Å². The van der Waals surface area contributed by atoms with Gasteiger partial charge in [-0.2, -0.15) is 16.9 Å². The summed E-state index contributed by atoms with van der Waals surface area (Å²) in [6.45, 7) is 0.416. The number of thiazole rings is 1. The van der Waals surface area contributed by atoms with E-state index in [9.17, 15) is 4.79 Å². The van der Waals surface area contributed by atoms with Gasteiger partial charge in [0.15, 0.2) is 5.69 Å². The topological polar surface area (TPSA) is 57.0 Å². The van der Waals surface area contributed by atoms with Crippen LogP contribution in [0.4, 0.5) is 0 Å². The molecule has 2 aromatic rings. The molecule has 0 saturated heterocycles. The summed E-state index contributed by atoms with van der Waals surface area (Å²) in [4.78, 5) is 15.9. The molecule has 0 fully saturated rings. The molecule has 0 amide bonds. The number of hydrogen-bond acceptors (Lipinski definition) is 6. The third kappa shape index (κ3) is 3.11. The summed E-state index contributed by atoms with van der Waals surface area (Å²) in [5, 5.41) is 6.56. The lowest BCUT2D eigenvalue weighted by Gasteiger charge is -1.99. The van der Waals surface area contributed by atoms with Crippen molar-refractivity contribution in [3.63, 3.8) is 0 Å². The average Bonchev–Trinajstić information content (AvgIpc) is 2.97. The number of thioether (sulfide) groups is 1. The average molecular weight is 283 g/mol. The van der Waals surface area contributed by atoms with Gasteiger partial charge in [-0.1, -0.05) is 0 Å². The van der Waals surface area contributed by atoms with Gasteiger partial charge in [-0.15, -0.1) is 11.3 Å². The zero-order valence-electron chi connectivity index (χ0n) is 10.1. The van der Waals surface area contributed by atoms with Crippen LogP contribution in [0.2, 0.25) is 0 Å². The minimum atomic E-state index is -0.365. The second-order valence-electron chi connectivity index (χ2n) is 3.57. The van der Waals surface area contributed by atoms with Crippen molar-refractivity contribution >= 4 is 29.1 Å². The predicted molar refractivity (Wildman–Crippen MR) is 73.0 cm³/mol. The molecule has 0 aliphatic carbocycles. The zero-order chi connectivity index (χ0) is 13.0. The molecule has 0 atom stereocenters. The smallest absolute Gasteiger partial charge is 0.357 e. The highest BCUT2D eigenvalue weighted by Gasteiger charge is 2.13. The van der Waals surface area contributed by atoms with Gasteiger partial charge in [0.25, 0.3) is 0 Å². The Balaban J connectivity index is 2.04. The minimum absolute atomic E-state index is 0.361. The summed E-state index contributed by atoms with van der Waals surface area (Å²) in [6, 6.07) is 0. The van der Waals surface area contributed by atoms with E-state index in [-0.39, 0.29) is 5.97 Å². The fourth-order valence-electron chi connectivity index (χ4n) is 1.32. The summed E-state index contributed by atoms with van der Waals surface area (Å²) in [7, 11) is 1.84. The molecule has 0 aromatic carbocycles. The van der Waals surface area contributed by atoms with E-state index in [0.29, 0.717) is 12.3 Å². The Morgan fingerprint density at radius 3 is 3.11 bits per heavy atom. The van der Waals surface area contributed by atoms with Crippen molar-refractivity contribution in [2.45, 2.75) is 0 Å². The first-order valence-corrected chi connectivity index (χ1v) is 7.58. The monoisotopic (exact) mass is 283 g/mol. The van der Waals surface area contributed by atoms with Gasteiger partial charge in [0, 0.05) is 29.9 Å². The maximum Gasteiger partial charge on any atom is 0.357 e. The number of aromatic nitrogens is 3. The summed E-state index contributed by atoms with van der Waals surface area (Å²) >= 11 is 3.05. The van der Waals surface area contributed by atoms with Crippen LogP contribution in [0.25, 0.3) is 10.6 Å². The summed E-state index contributed by atoms with van der Waals surface area (Å²) in [5.74, 6) is 0.432. The van der Waals surface area contributed by atoms with Crippen molar-refractivity contribution in [3.8, 4) is 10.6 Å². The van der Waals surface area contributed by atoms with Gasteiger partial charge in [-0.3, -0.25) is 4.68 Å². The minimum Gasteiger partial charge on any atom is -0.460 e. The largest absolute Gasteiger partial charge is 0.460 e. The van der Waals surface area contributed by atoms with E-state index in [0.717, 1.165) is 16.3 Å². The highest BCUT2D eigenvalue weighted by atomic mass is 32.2. The van der Waals surface area contributed by atoms with Gasteiger partial charge in [0.1, 0.15) is 11.6 Å². The first kappa shape index (κ1) is 13.1. The Morgan fingerprint density at radius 2 is 2.44 bits per heavy atom. The van der Waals surface area contributed by atoms with E-state index in [4.69, 9.17) is 4.74 Å². The van der Waals surface area contributed by atoms with Gasteiger partial charge in [-0.05, 0) is 6.26 Å². The Hall–Kier alpha value is -1.34. The van der Waals surface area contributed by atoms with E-state index < -0.39 is 0 Å². The fourth-order valence-corrected chi connectivity index (χ4v) is 2.34. The van der Waals surface area contributed by atoms with Crippen LogP contribution < -0.4 is 0 Å². The molecule has 0 aliphatic rings. The predicted octanol–water partition coefficient (Wildman–Crippen LogP) is 2.06. The summed E-state index contributed by atoms with van der Waals surface area (Å²) in [5.41, 5.74) is 1.27. The molecule has 2 heterocycles. The highest BCUT2D eigenvalue weighted by molar-refractivity contribution is 7.98. The SMILES string of the molecule is CSCCOC(=O)c1csc(-c2cnn(C)c2)n1. The lowest BCUT2D eigenvalue weighted by molar-refractivity contribution is 0.0524. The van der Waals surface area contributed by atoms with Crippen LogP contribution >= 0.6 is 23.1 Å². The maximum atomic E-state index is 11.7. The number of nitrogens with zero attached hydrogens (tertiary/aromatic N) is 3. The van der Waals surface area contributed by atoms with Crippen molar-refractivity contribution in [3.05, 3.63) is 23.5 Å². The molecular formula is C11H13N3O2S2. The molecule has 0 N–H and O–H groups in total. The molecule has 0 radical (unpaired) electrons. The molecule has 0 saturated carbocycles. The number of ether oxygens (including phenoxy) is 1. The van der Waals surface area contributed by atoms with E-state index in [1.54, 1.807) is 28.0 Å². The molecule has 2 rings (SSSR count). The van der Waals surface area contributed by atoms with Crippen molar-refractivity contribution in [1.29, 1.82) is 0 Å². The molecule has 0 bridgehead atoms. The molecule has 0 unspecified atom stereocenters. The maximum absolute atomic E-state index is 11.7. The molecule has 0 spiro atoms. The second kappa shape index (κ2) is 6.01.